The van der Waals surface area contributed by atoms with E-state index in [2.05, 4.69) is 0 Å². The fourth-order valence-electron chi connectivity index (χ4n) is 2.65. The number of benzene rings is 1. The predicted molar refractivity (Wildman–Crippen MR) is 89.8 cm³/mol. The Kier molecular flexibility index (Phi) is 3.98. The van der Waals surface area contributed by atoms with E-state index >= 15 is 0 Å². The third-order valence-electron chi connectivity index (χ3n) is 3.70. The normalized spacial score (nSPS) is 10.7. The molecular weight excluding hydrogens is 290 g/mol. The van der Waals surface area contributed by atoms with Crippen LogP contribution in [-0.2, 0) is 4.74 Å². The summed E-state index contributed by atoms with van der Waals surface area (Å²) in [6, 6.07) is 15.1. The van der Waals surface area contributed by atoms with Crippen molar-refractivity contribution in [3.8, 4) is 11.1 Å². The maximum absolute atomic E-state index is 12.6. The van der Waals surface area contributed by atoms with E-state index in [-0.39, 0.29) is 17.7 Å². The number of ether oxygens (including phenoxy) is 1. The minimum atomic E-state index is -0.593. The van der Waals surface area contributed by atoms with Gasteiger partial charge >= 0.3 is 5.97 Å². The Morgan fingerprint density at radius 2 is 1.96 bits per heavy atom. The van der Waals surface area contributed by atoms with Crippen molar-refractivity contribution in [2.75, 3.05) is 6.61 Å². The van der Waals surface area contributed by atoms with Crippen LogP contribution < -0.4 is 5.56 Å². The van der Waals surface area contributed by atoms with E-state index in [1.807, 2.05) is 43.3 Å². The van der Waals surface area contributed by atoms with Gasteiger partial charge in [0.1, 0.15) is 5.56 Å². The molecule has 0 atom stereocenters. The van der Waals surface area contributed by atoms with E-state index in [0.717, 1.165) is 22.2 Å². The van der Waals surface area contributed by atoms with Gasteiger partial charge in [-0.1, -0.05) is 35.9 Å². The summed E-state index contributed by atoms with van der Waals surface area (Å²) in [6.45, 7) is 3.96. The summed E-state index contributed by atoms with van der Waals surface area (Å²) < 4.78 is 6.51. The van der Waals surface area contributed by atoms with Crippen molar-refractivity contribution >= 4 is 11.5 Å². The van der Waals surface area contributed by atoms with Gasteiger partial charge in [-0.15, -0.1) is 0 Å². The molecule has 3 rings (SSSR count). The molecular formula is C19H17NO3. The molecule has 0 saturated carbocycles. The lowest BCUT2D eigenvalue weighted by Gasteiger charge is -2.11. The average Bonchev–Trinajstić information content (AvgIpc) is 2.55. The van der Waals surface area contributed by atoms with E-state index in [4.69, 9.17) is 4.74 Å². The van der Waals surface area contributed by atoms with E-state index in [1.54, 1.807) is 25.3 Å². The van der Waals surface area contributed by atoms with Crippen LogP contribution in [0.2, 0.25) is 0 Å². The summed E-state index contributed by atoms with van der Waals surface area (Å²) in [7, 11) is 0. The first-order valence-corrected chi connectivity index (χ1v) is 7.50. The molecule has 0 spiro atoms. The van der Waals surface area contributed by atoms with Crippen molar-refractivity contribution in [2.45, 2.75) is 13.8 Å². The van der Waals surface area contributed by atoms with Crippen molar-refractivity contribution in [2.24, 2.45) is 0 Å². The van der Waals surface area contributed by atoms with Gasteiger partial charge in [0.2, 0.25) is 0 Å². The molecule has 0 fully saturated rings. The lowest BCUT2D eigenvalue weighted by Crippen LogP contribution is -2.23. The van der Waals surface area contributed by atoms with Crippen molar-refractivity contribution in [1.82, 2.24) is 4.40 Å². The molecule has 4 nitrogen and oxygen atoms in total. The average molecular weight is 307 g/mol. The molecule has 0 bridgehead atoms. The topological polar surface area (TPSA) is 47.8 Å². The number of hydrogen-bond acceptors (Lipinski definition) is 3. The molecule has 0 aliphatic heterocycles. The molecule has 0 amide bonds. The minimum absolute atomic E-state index is 0.0482. The highest BCUT2D eigenvalue weighted by Gasteiger charge is 2.17. The molecule has 2 aromatic heterocycles. The Bertz CT molecular complexity index is 941. The van der Waals surface area contributed by atoms with Crippen LogP contribution in [-0.4, -0.2) is 17.0 Å². The monoisotopic (exact) mass is 307 g/mol. The second-order valence-electron chi connectivity index (χ2n) is 5.32. The Morgan fingerprint density at radius 3 is 2.70 bits per heavy atom. The summed E-state index contributed by atoms with van der Waals surface area (Å²) in [6.07, 6.45) is 1.67. The van der Waals surface area contributed by atoms with Gasteiger partial charge in [0.15, 0.2) is 0 Å². The molecule has 0 N–H and O–H groups in total. The molecule has 2 heterocycles. The lowest BCUT2D eigenvalue weighted by molar-refractivity contribution is 0.0524. The minimum Gasteiger partial charge on any atom is -0.462 e. The van der Waals surface area contributed by atoms with Crippen LogP contribution in [0.1, 0.15) is 22.8 Å². The van der Waals surface area contributed by atoms with Gasteiger partial charge in [0, 0.05) is 11.8 Å². The molecule has 4 heteroatoms. The summed E-state index contributed by atoms with van der Waals surface area (Å²) in [5.41, 5.74) is 3.34. The van der Waals surface area contributed by atoms with Crippen LogP contribution >= 0.6 is 0 Å². The van der Waals surface area contributed by atoms with Crippen molar-refractivity contribution in [1.29, 1.82) is 0 Å². The second kappa shape index (κ2) is 6.08. The van der Waals surface area contributed by atoms with Crippen molar-refractivity contribution in [3.63, 3.8) is 0 Å². The van der Waals surface area contributed by atoms with Crippen LogP contribution in [0.5, 0.6) is 0 Å². The molecule has 0 saturated heterocycles. The lowest BCUT2D eigenvalue weighted by atomic mass is 10.0. The van der Waals surface area contributed by atoms with E-state index < -0.39 is 5.97 Å². The maximum Gasteiger partial charge on any atom is 0.343 e. The van der Waals surface area contributed by atoms with E-state index in [1.165, 1.54) is 4.40 Å². The number of esters is 1. The number of aromatic nitrogens is 1. The van der Waals surface area contributed by atoms with Gasteiger partial charge in [0.05, 0.1) is 12.1 Å². The Labute approximate surface area is 134 Å². The third kappa shape index (κ3) is 2.75. The maximum atomic E-state index is 12.6. The summed E-state index contributed by atoms with van der Waals surface area (Å²) in [5, 5.41) is 0. The Morgan fingerprint density at radius 1 is 1.13 bits per heavy atom. The molecule has 1 aromatic carbocycles. The predicted octanol–water partition coefficient (Wildman–Crippen LogP) is 3.45. The van der Waals surface area contributed by atoms with Crippen LogP contribution in [0.25, 0.3) is 16.6 Å². The Balaban J connectivity index is 2.34. The smallest absolute Gasteiger partial charge is 0.343 e. The number of fused-ring (bicyclic) bond motifs is 1. The van der Waals surface area contributed by atoms with Gasteiger partial charge in [0.25, 0.3) is 5.56 Å². The van der Waals surface area contributed by atoms with Crippen LogP contribution in [0, 0.1) is 6.92 Å². The van der Waals surface area contributed by atoms with Gasteiger partial charge in [-0.05, 0) is 37.6 Å². The summed E-state index contributed by atoms with van der Waals surface area (Å²) in [5.74, 6) is -0.593. The summed E-state index contributed by atoms with van der Waals surface area (Å²) in [4.78, 5) is 24.7. The standard InChI is InChI=1S/C19H17NO3/c1-3-23-19(22)16-12-15(14-8-6-7-13(2)11-14)17-9-4-5-10-20(17)18(16)21/h4-12H,3H2,1-2H3. The second-order valence-corrected chi connectivity index (χ2v) is 5.32. The zero-order valence-electron chi connectivity index (χ0n) is 13.1. The molecule has 0 aliphatic rings. The van der Waals surface area contributed by atoms with Gasteiger partial charge in [-0.2, -0.15) is 0 Å². The third-order valence-corrected chi connectivity index (χ3v) is 3.70. The highest BCUT2D eigenvalue weighted by Crippen LogP contribution is 2.25. The largest absolute Gasteiger partial charge is 0.462 e. The molecule has 3 aromatic rings. The van der Waals surface area contributed by atoms with Crippen molar-refractivity contribution < 1.29 is 9.53 Å². The molecule has 0 aliphatic carbocycles. The SMILES string of the molecule is CCOC(=O)c1cc(-c2cccc(C)c2)c2ccccn2c1=O. The molecule has 116 valence electrons. The number of carbonyl (C=O) groups is 1. The first kappa shape index (κ1) is 15.0. The van der Waals surface area contributed by atoms with Crippen LogP contribution in [0.15, 0.2) is 59.5 Å². The van der Waals surface area contributed by atoms with Gasteiger partial charge in [-0.3, -0.25) is 9.20 Å². The van der Waals surface area contributed by atoms with Crippen LogP contribution in [0.4, 0.5) is 0 Å². The zero-order chi connectivity index (χ0) is 16.4. The summed E-state index contributed by atoms with van der Waals surface area (Å²) >= 11 is 0. The number of pyridine rings is 2. The van der Waals surface area contributed by atoms with E-state index in [0.29, 0.717) is 0 Å². The highest BCUT2D eigenvalue weighted by atomic mass is 16.5. The molecule has 0 radical (unpaired) electrons. The number of aryl methyl sites for hydroxylation is 1. The highest BCUT2D eigenvalue weighted by molar-refractivity contribution is 5.93. The first-order chi connectivity index (χ1) is 11.1. The zero-order valence-corrected chi connectivity index (χ0v) is 13.1. The number of carbonyl (C=O) groups excluding carboxylic acids is 1. The van der Waals surface area contributed by atoms with Crippen LogP contribution in [0.3, 0.4) is 0 Å². The van der Waals surface area contributed by atoms with Gasteiger partial charge < -0.3 is 4.74 Å². The molecule has 0 unspecified atom stereocenters. The fraction of sp³-hybridized carbons (Fsp3) is 0.158. The number of hydrogen-bond donors (Lipinski definition) is 0. The van der Waals surface area contributed by atoms with Gasteiger partial charge in [-0.25, -0.2) is 4.79 Å². The fourth-order valence-corrected chi connectivity index (χ4v) is 2.65. The van der Waals surface area contributed by atoms with E-state index in [9.17, 15) is 9.59 Å². The number of rotatable bonds is 3. The Hall–Kier alpha value is -2.88. The van der Waals surface area contributed by atoms with Crippen molar-refractivity contribution in [3.05, 3.63) is 76.2 Å². The number of nitrogens with zero attached hydrogens (tertiary/aromatic N) is 1. The first-order valence-electron chi connectivity index (χ1n) is 7.50. The quantitative estimate of drug-likeness (QED) is 0.696. The molecule has 23 heavy (non-hydrogen) atoms.